The molecule has 0 saturated carbocycles. The number of nitrogens with zero attached hydrogens (tertiary/aromatic N) is 1. The third-order valence-corrected chi connectivity index (χ3v) is 4.22. The van der Waals surface area contributed by atoms with Gasteiger partial charge in [0.2, 0.25) is 5.91 Å². The number of benzene rings is 1. The monoisotopic (exact) mass is 319 g/mol. The molecule has 1 aliphatic heterocycles. The van der Waals surface area contributed by atoms with Crippen molar-refractivity contribution in [1.29, 1.82) is 0 Å². The maximum Gasteiger partial charge on any atom is 0.329 e. The molecule has 0 spiro atoms. The summed E-state index contributed by atoms with van der Waals surface area (Å²) in [6, 6.07) is 9.11. The molecular formula is C18H25NO4. The van der Waals surface area contributed by atoms with Crippen molar-refractivity contribution >= 4 is 11.9 Å². The van der Waals surface area contributed by atoms with Crippen molar-refractivity contribution in [2.24, 2.45) is 5.92 Å². The van der Waals surface area contributed by atoms with E-state index in [0.29, 0.717) is 39.1 Å². The third kappa shape index (κ3) is 4.79. The second-order valence-electron chi connectivity index (χ2n) is 5.79. The number of ether oxygens (including phenoxy) is 2. The molecule has 1 unspecified atom stereocenters. The number of amides is 1. The fraction of sp³-hybridized carbons (Fsp3) is 0.556. The van der Waals surface area contributed by atoms with Crippen LogP contribution in [0.25, 0.3) is 0 Å². The molecule has 0 bridgehead atoms. The van der Waals surface area contributed by atoms with E-state index in [1.165, 1.54) is 0 Å². The lowest BCUT2D eigenvalue weighted by Crippen LogP contribution is -2.47. The molecule has 1 aliphatic rings. The van der Waals surface area contributed by atoms with Crippen molar-refractivity contribution < 1.29 is 19.1 Å². The lowest BCUT2D eigenvalue weighted by molar-refractivity contribution is -0.156. The summed E-state index contributed by atoms with van der Waals surface area (Å²) >= 11 is 0. The summed E-state index contributed by atoms with van der Waals surface area (Å²) in [7, 11) is 1.70. The van der Waals surface area contributed by atoms with E-state index in [9.17, 15) is 9.59 Å². The van der Waals surface area contributed by atoms with Crippen molar-refractivity contribution in [2.45, 2.75) is 32.2 Å². The zero-order valence-electron chi connectivity index (χ0n) is 13.9. The van der Waals surface area contributed by atoms with E-state index in [-0.39, 0.29) is 17.8 Å². The average Bonchev–Trinajstić information content (AvgIpc) is 2.60. The molecule has 0 aliphatic carbocycles. The summed E-state index contributed by atoms with van der Waals surface area (Å²) in [6.07, 6.45) is 1.89. The van der Waals surface area contributed by atoms with Gasteiger partial charge >= 0.3 is 5.97 Å². The molecule has 126 valence electrons. The Hall–Kier alpha value is -1.88. The topological polar surface area (TPSA) is 55.8 Å². The summed E-state index contributed by atoms with van der Waals surface area (Å²) in [5.41, 5.74) is 1.01. The van der Waals surface area contributed by atoms with Crippen LogP contribution in [0, 0.1) is 5.92 Å². The molecule has 0 radical (unpaired) electrons. The normalized spacial score (nSPS) is 16.6. The Labute approximate surface area is 137 Å². The standard InChI is InChI=1S/C18H25NO4/c1-3-23-18(21)16(13-14-7-5-4-6-8-14)19(2)17(20)15-9-11-22-12-10-15/h4-8,15-16H,3,9-13H2,1-2H3. The number of carbonyl (C=O) groups is 2. The SMILES string of the molecule is CCOC(=O)C(Cc1ccccc1)N(C)C(=O)C1CCOCC1. The number of hydrogen-bond donors (Lipinski definition) is 0. The first kappa shape index (κ1) is 17.5. The van der Waals surface area contributed by atoms with Gasteiger partial charge in [-0.2, -0.15) is 0 Å². The van der Waals surface area contributed by atoms with Gasteiger partial charge in [0.05, 0.1) is 6.61 Å². The van der Waals surface area contributed by atoms with Crippen LogP contribution in [0.15, 0.2) is 30.3 Å². The molecular weight excluding hydrogens is 294 g/mol. The Morgan fingerprint density at radius 1 is 1.26 bits per heavy atom. The molecule has 1 saturated heterocycles. The van der Waals surface area contributed by atoms with Crippen molar-refractivity contribution in [3.8, 4) is 0 Å². The minimum atomic E-state index is -0.590. The van der Waals surface area contributed by atoms with Crippen LogP contribution in [0.1, 0.15) is 25.3 Å². The molecule has 5 nitrogen and oxygen atoms in total. The van der Waals surface area contributed by atoms with Crippen molar-refractivity contribution in [3.63, 3.8) is 0 Å². The van der Waals surface area contributed by atoms with Gasteiger partial charge in [0.25, 0.3) is 0 Å². The Bertz CT molecular complexity index is 511. The number of carbonyl (C=O) groups excluding carboxylic acids is 2. The molecule has 1 aromatic carbocycles. The zero-order valence-corrected chi connectivity index (χ0v) is 13.9. The zero-order chi connectivity index (χ0) is 16.7. The Balaban J connectivity index is 2.11. The molecule has 1 aromatic rings. The van der Waals surface area contributed by atoms with Crippen LogP contribution < -0.4 is 0 Å². The van der Waals surface area contributed by atoms with Crippen LogP contribution >= 0.6 is 0 Å². The van der Waals surface area contributed by atoms with Crippen molar-refractivity contribution in [1.82, 2.24) is 4.90 Å². The Morgan fingerprint density at radius 3 is 2.52 bits per heavy atom. The highest BCUT2D eigenvalue weighted by Crippen LogP contribution is 2.20. The minimum absolute atomic E-state index is 0.00211. The van der Waals surface area contributed by atoms with E-state index in [1.807, 2.05) is 30.3 Å². The van der Waals surface area contributed by atoms with Gasteiger partial charge in [-0.05, 0) is 25.3 Å². The molecule has 23 heavy (non-hydrogen) atoms. The predicted molar refractivity (Wildman–Crippen MR) is 86.9 cm³/mol. The van der Waals surface area contributed by atoms with Crippen LogP contribution in [0.3, 0.4) is 0 Å². The highest BCUT2D eigenvalue weighted by molar-refractivity contribution is 5.86. The highest BCUT2D eigenvalue weighted by atomic mass is 16.5. The van der Waals surface area contributed by atoms with Crippen LogP contribution in [0.5, 0.6) is 0 Å². The third-order valence-electron chi connectivity index (χ3n) is 4.22. The van der Waals surface area contributed by atoms with Crippen LogP contribution in [0.4, 0.5) is 0 Å². The van der Waals surface area contributed by atoms with Gasteiger partial charge in [-0.1, -0.05) is 30.3 Å². The fourth-order valence-electron chi connectivity index (χ4n) is 2.84. The van der Waals surface area contributed by atoms with E-state index < -0.39 is 6.04 Å². The second kappa shape index (κ2) is 8.67. The fourth-order valence-corrected chi connectivity index (χ4v) is 2.84. The van der Waals surface area contributed by atoms with E-state index in [0.717, 1.165) is 5.56 Å². The number of esters is 1. The lowest BCUT2D eigenvalue weighted by Gasteiger charge is -2.31. The van der Waals surface area contributed by atoms with Crippen molar-refractivity contribution in [2.75, 3.05) is 26.9 Å². The van der Waals surface area contributed by atoms with Gasteiger partial charge in [0.1, 0.15) is 6.04 Å². The molecule has 2 rings (SSSR count). The first-order chi connectivity index (χ1) is 11.1. The molecule has 1 atom stereocenters. The lowest BCUT2D eigenvalue weighted by atomic mass is 9.97. The summed E-state index contributed by atoms with van der Waals surface area (Å²) < 4.78 is 10.5. The predicted octanol–water partition coefficient (Wildman–Crippen LogP) is 2.05. The summed E-state index contributed by atoms with van der Waals surface area (Å²) in [5.74, 6) is -0.414. The molecule has 1 fully saturated rings. The van der Waals surface area contributed by atoms with E-state index >= 15 is 0 Å². The van der Waals surface area contributed by atoms with Crippen LogP contribution in [-0.4, -0.2) is 49.7 Å². The van der Waals surface area contributed by atoms with Crippen LogP contribution in [-0.2, 0) is 25.5 Å². The van der Waals surface area contributed by atoms with Gasteiger partial charge in [0, 0.05) is 32.6 Å². The number of likely N-dealkylation sites (N-methyl/N-ethyl adjacent to an activating group) is 1. The minimum Gasteiger partial charge on any atom is -0.464 e. The molecule has 5 heteroatoms. The smallest absolute Gasteiger partial charge is 0.329 e. The molecule has 1 amide bonds. The summed E-state index contributed by atoms with van der Waals surface area (Å²) in [4.78, 5) is 26.6. The number of rotatable bonds is 6. The summed E-state index contributed by atoms with van der Waals surface area (Å²) in [6.45, 7) is 3.29. The molecule has 0 aromatic heterocycles. The number of hydrogen-bond acceptors (Lipinski definition) is 4. The maximum atomic E-state index is 12.7. The van der Waals surface area contributed by atoms with Gasteiger partial charge in [-0.15, -0.1) is 0 Å². The maximum absolute atomic E-state index is 12.7. The van der Waals surface area contributed by atoms with E-state index in [1.54, 1.807) is 18.9 Å². The van der Waals surface area contributed by atoms with Gasteiger partial charge in [0.15, 0.2) is 0 Å². The first-order valence-corrected chi connectivity index (χ1v) is 8.18. The largest absolute Gasteiger partial charge is 0.464 e. The van der Waals surface area contributed by atoms with E-state index in [4.69, 9.17) is 9.47 Å². The van der Waals surface area contributed by atoms with Gasteiger partial charge < -0.3 is 14.4 Å². The Kier molecular flexibility index (Phi) is 6.59. The van der Waals surface area contributed by atoms with Gasteiger partial charge in [-0.3, -0.25) is 4.79 Å². The van der Waals surface area contributed by atoms with Crippen molar-refractivity contribution in [3.05, 3.63) is 35.9 Å². The van der Waals surface area contributed by atoms with Crippen LogP contribution in [0.2, 0.25) is 0 Å². The quantitative estimate of drug-likeness (QED) is 0.753. The Morgan fingerprint density at radius 2 is 1.91 bits per heavy atom. The molecule has 1 heterocycles. The second-order valence-corrected chi connectivity index (χ2v) is 5.79. The molecule has 0 N–H and O–H groups in total. The first-order valence-electron chi connectivity index (χ1n) is 8.18. The average molecular weight is 319 g/mol. The van der Waals surface area contributed by atoms with E-state index in [2.05, 4.69) is 0 Å². The van der Waals surface area contributed by atoms with Gasteiger partial charge in [-0.25, -0.2) is 4.79 Å². The summed E-state index contributed by atoms with van der Waals surface area (Å²) in [5, 5.41) is 0. The highest BCUT2D eigenvalue weighted by Gasteiger charge is 2.32.